The number of nitrogens with zero attached hydrogens (tertiary/aromatic N) is 1. The fraction of sp³-hybridized carbons (Fsp3) is 0.364. The van der Waals surface area contributed by atoms with E-state index in [0.29, 0.717) is 6.42 Å². The van der Waals surface area contributed by atoms with E-state index in [2.05, 4.69) is 10.5 Å². The number of para-hydroxylation sites is 2. The average molecular weight is 223 g/mol. The number of amidine groups is 1. The van der Waals surface area contributed by atoms with Crippen LogP contribution in [0.25, 0.3) is 0 Å². The molecule has 0 heterocycles. The highest BCUT2D eigenvalue weighted by atomic mass is 16.5. The van der Waals surface area contributed by atoms with Gasteiger partial charge in [0.05, 0.1) is 12.8 Å². The zero-order valence-corrected chi connectivity index (χ0v) is 9.31. The highest BCUT2D eigenvalue weighted by Crippen LogP contribution is 2.22. The van der Waals surface area contributed by atoms with Gasteiger partial charge in [-0.25, -0.2) is 0 Å². The van der Waals surface area contributed by atoms with E-state index in [9.17, 15) is 0 Å². The summed E-state index contributed by atoms with van der Waals surface area (Å²) in [5.41, 5.74) is 6.30. The van der Waals surface area contributed by atoms with Crippen LogP contribution in [0.5, 0.6) is 5.75 Å². The summed E-state index contributed by atoms with van der Waals surface area (Å²) in [5, 5.41) is 14.5. The van der Waals surface area contributed by atoms with Crippen molar-refractivity contribution in [1.82, 2.24) is 0 Å². The molecular weight excluding hydrogens is 206 g/mol. The van der Waals surface area contributed by atoms with Crippen molar-refractivity contribution in [2.45, 2.75) is 12.8 Å². The first-order valence-corrected chi connectivity index (χ1v) is 5.11. The number of hydrogen-bond acceptors (Lipinski definition) is 4. The van der Waals surface area contributed by atoms with Gasteiger partial charge in [-0.1, -0.05) is 17.3 Å². The minimum Gasteiger partial charge on any atom is -0.495 e. The molecule has 0 aliphatic carbocycles. The summed E-state index contributed by atoms with van der Waals surface area (Å²) in [5.74, 6) is 1.06. The van der Waals surface area contributed by atoms with Gasteiger partial charge in [0.2, 0.25) is 0 Å². The van der Waals surface area contributed by atoms with Crippen molar-refractivity contribution in [2.24, 2.45) is 10.9 Å². The molecule has 0 spiro atoms. The van der Waals surface area contributed by atoms with Gasteiger partial charge in [0.25, 0.3) is 0 Å². The highest BCUT2D eigenvalue weighted by Gasteiger charge is 2.00. The fourth-order valence-corrected chi connectivity index (χ4v) is 1.33. The van der Waals surface area contributed by atoms with Crippen LogP contribution in [-0.4, -0.2) is 24.7 Å². The molecule has 0 radical (unpaired) electrons. The Labute approximate surface area is 94.9 Å². The minimum atomic E-state index is 0.252. The molecule has 0 unspecified atom stereocenters. The lowest BCUT2D eigenvalue weighted by atomic mass is 10.2. The van der Waals surface area contributed by atoms with Crippen molar-refractivity contribution in [2.75, 3.05) is 19.0 Å². The summed E-state index contributed by atoms with van der Waals surface area (Å²) < 4.78 is 5.19. The Kier molecular flexibility index (Phi) is 4.98. The summed E-state index contributed by atoms with van der Waals surface area (Å²) in [6.45, 7) is 0.747. The van der Waals surface area contributed by atoms with Crippen LogP contribution in [-0.2, 0) is 0 Å². The van der Waals surface area contributed by atoms with E-state index in [0.717, 1.165) is 24.4 Å². The van der Waals surface area contributed by atoms with E-state index in [1.54, 1.807) is 7.11 Å². The third kappa shape index (κ3) is 3.68. The Morgan fingerprint density at radius 2 is 2.25 bits per heavy atom. The third-order valence-electron chi connectivity index (χ3n) is 2.16. The Morgan fingerprint density at radius 1 is 1.50 bits per heavy atom. The summed E-state index contributed by atoms with van der Waals surface area (Å²) in [7, 11) is 1.64. The van der Waals surface area contributed by atoms with E-state index in [1.807, 2.05) is 24.3 Å². The Balaban J connectivity index is 2.37. The maximum Gasteiger partial charge on any atom is 0.141 e. The molecular formula is C11H17N3O2. The molecule has 5 heteroatoms. The van der Waals surface area contributed by atoms with E-state index in [-0.39, 0.29) is 5.84 Å². The number of oxime groups is 1. The monoisotopic (exact) mass is 223 g/mol. The second-order valence-corrected chi connectivity index (χ2v) is 3.32. The van der Waals surface area contributed by atoms with E-state index in [1.165, 1.54) is 0 Å². The molecule has 0 atom stereocenters. The molecule has 1 aromatic carbocycles. The number of benzene rings is 1. The number of nitrogens with two attached hydrogens (primary N) is 1. The molecule has 0 aromatic heterocycles. The molecule has 5 nitrogen and oxygen atoms in total. The third-order valence-corrected chi connectivity index (χ3v) is 2.16. The number of methoxy groups -OCH3 is 1. The molecule has 4 N–H and O–H groups in total. The molecule has 0 bridgehead atoms. The quantitative estimate of drug-likeness (QED) is 0.225. The summed E-state index contributed by atoms with van der Waals surface area (Å²) in [6.07, 6.45) is 1.37. The zero-order chi connectivity index (χ0) is 11.8. The SMILES string of the molecule is COc1ccccc1NCCCC(N)=NO. The van der Waals surface area contributed by atoms with Crippen LogP contribution in [0.3, 0.4) is 0 Å². The Bertz CT molecular complexity index is 353. The van der Waals surface area contributed by atoms with Gasteiger partial charge in [0.15, 0.2) is 0 Å². The lowest BCUT2D eigenvalue weighted by Crippen LogP contribution is -2.13. The van der Waals surface area contributed by atoms with Crippen molar-refractivity contribution in [1.29, 1.82) is 0 Å². The predicted octanol–water partition coefficient (Wildman–Crippen LogP) is 1.63. The molecule has 0 fully saturated rings. The van der Waals surface area contributed by atoms with Crippen LogP contribution in [0.2, 0.25) is 0 Å². The number of rotatable bonds is 6. The van der Waals surface area contributed by atoms with Crippen LogP contribution >= 0.6 is 0 Å². The second-order valence-electron chi connectivity index (χ2n) is 3.32. The van der Waals surface area contributed by atoms with Gasteiger partial charge in [-0.2, -0.15) is 0 Å². The number of ether oxygens (including phenoxy) is 1. The lowest BCUT2D eigenvalue weighted by molar-refractivity contribution is 0.316. The van der Waals surface area contributed by atoms with Crippen LogP contribution in [0, 0.1) is 0 Å². The molecule has 0 amide bonds. The van der Waals surface area contributed by atoms with E-state index in [4.69, 9.17) is 15.7 Å². The average Bonchev–Trinajstić information content (AvgIpc) is 2.34. The first kappa shape index (κ1) is 12.2. The largest absolute Gasteiger partial charge is 0.495 e. The van der Waals surface area contributed by atoms with Gasteiger partial charge in [0.1, 0.15) is 11.6 Å². The van der Waals surface area contributed by atoms with Gasteiger partial charge in [-0.05, 0) is 18.6 Å². The van der Waals surface area contributed by atoms with Crippen molar-refractivity contribution < 1.29 is 9.94 Å². The summed E-state index contributed by atoms with van der Waals surface area (Å²) in [6, 6.07) is 7.70. The maximum absolute atomic E-state index is 8.36. The van der Waals surface area contributed by atoms with Gasteiger partial charge >= 0.3 is 0 Å². The number of hydrogen-bond donors (Lipinski definition) is 3. The Morgan fingerprint density at radius 3 is 2.94 bits per heavy atom. The van der Waals surface area contributed by atoms with Crippen LogP contribution < -0.4 is 15.8 Å². The highest BCUT2D eigenvalue weighted by molar-refractivity contribution is 5.79. The topological polar surface area (TPSA) is 79.9 Å². The molecule has 1 rings (SSSR count). The first-order valence-electron chi connectivity index (χ1n) is 5.11. The predicted molar refractivity (Wildman–Crippen MR) is 64.1 cm³/mol. The van der Waals surface area contributed by atoms with Gasteiger partial charge in [-0.3, -0.25) is 0 Å². The smallest absolute Gasteiger partial charge is 0.141 e. The van der Waals surface area contributed by atoms with Crippen molar-refractivity contribution in [3.8, 4) is 5.75 Å². The van der Waals surface area contributed by atoms with Crippen LogP contribution in [0.15, 0.2) is 29.4 Å². The zero-order valence-electron chi connectivity index (χ0n) is 9.31. The molecule has 0 aliphatic heterocycles. The van der Waals surface area contributed by atoms with Gasteiger partial charge in [0, 0.05) is 13.0 Å². The minimum absolute atomic E-state index is 0.252. The number of anilines is 1. The van der Waals surface area contributed by atoms with Crippen molar-refractivity contribution in [3.63, 3.8) is 0 Å². The standard InChI is InChI=1S/C11H17N3O2/c1-16-10-6-3-2-5-9(10)13-8-4-7-11(12)14-15/h2-3,5-6,13,15H,4,7-8H2,1H3,(H2,12,14). The molecule has 0 aliphatic rings. The van der Waals surface area contributed by atoms with Crippen molar-refractivity contribution >= 4 is 11.5 Å². The lowest BCUT2D eigenvalue weighted by Gasteiger charge is -2.10. The molecule has 88 valence electrons. The number of nitrogens with one attached hydrogen (secondary N) is 1. The van der Waals surface area contributed by atoms with E-state index >= 15 is 0 Å². The molecule has 0 saturated carbocycles. The molecule has 16 heavy (non-hydrogen) atoms. The molecule has 1 aromatic rings. The normalized spacial score (nSPS) is 11.2. The first-order chi connectivity index (χ1) is 7.77. The van der Waals surface area contributed by atoms with Crippen LogP contribution in [0.1, 0.15) is 12.8 Å². The van der Waals surface area contributed by atoms with Crippen molar-refractivity contribution in [3.05, 3.63) is 24.3 Å². The summed E-state index contributed by atoms with van der Waals surface area (Å²) >= 11 is 0. The van der Waals surface area contributed by atoms with Gasteiger partial charge in [-0.15, -0.1) is 0 Å². The van der Waals surface area contributed by atoms with E-state index < -0.39 is 0 Å². The fourth-order valence-electron chi connectivity index (χ4n) is 1.33. The second kappa shape index (κ2) is 6.55. The summed E-state index contributed by atoms with van der Waals surface area (Å²) in [4.78, 5) is 0. The molecule has 0 saturated heterocycles. The maximum atomic E-state index is 8.36. The Hall–Kier alpha value is -1.91. The van der Waals surface area contributed by atoms with Crippen LogP contribution in [0.4, 0.5) is 5.69 Å². The van der Waals surface area contributed by atoms with Gasteiger partial charge < -0.3 is 21.0 Å².